The van der Waals surface area contributed by atoms with Gasteiger partial charge in [-0.05, 0) is 29.8 Å². The van der Waals surface area contributed by atoms with Gasteiger partial charge in [0.25, 0.3) is 0 Å². The van der Waals surface area contributed by atoms with Gasteiger partial charge in [0, 0.05) is 29.7 Å². The number of rotatable bonds is 3. The van der Waals surface area contributed by atoms with E-state index >= 15 is 0 Å². The first-order valence-electron chi connectivity index (χ1n) is 7.02. The highest BCUT2D eigenvalue weighted by Gasteiger charge is 2.06. The van der Waals surface area contributed by atoms with E-state index in [9.17, 15) is 15.0 Å². The number of amides is 2. The van der Waals surface area contributed by atoms with Crippen LogP contribution in [0.3, 0.4) is 0 Å². The minimum Gasteiger partial charge on any atom is -0.504 e. The van der Waals surface area contributed by atoms with E-state index in [-0.39, 0.29) is 24.1 Å². The summed E-state index contributed by atoms with van der Waals surface area (Å²) in [5.74, 6) is -0.408. The van der Waals surface area contributed by atoms with Crippen molar-refractivity contribution in [3.8, 4) is 11.5 Å². The molecular weight excluding hydrogens is 294 g/mol. The number of carbonyl (C=O) groups excluding carboxylic acids is 1. The van der Waals surface area contributed by atoms with Crippen LogP contribution in [0.25, 0.3) is 10.8 Å². The fraction of sp³-hybridized carbons (Fsp3) is 0.0588. The van der Waals surface area contributed by atoms with Crippen LogP contribution in [0, 0.1) is 0 Å². The Morgan fingerprint density at radius 3 is 2.78 bits per heavy atom. The molecule has 1 heterocycles. The third-order valence-electron chi connectivity index (χ3n) is 3.42. The standard InChI is InChI=1S/C17H15N3O3/c21-15-5-4-11(8-16(15)22)9-19-17(23)20-14-3-1-2-12-10-18-7-6-13(12)14/h1-8,10,21-22H,9H2,(H2,19,20,23). The number of carbonyl (C=O) groups is 1. The zero-order valence-electron chi connectivity index (χ0n) is 12.2. The quantitative estimate of drug-likeness (QED) is 0.559. The van der Waals surface area contributed by atoms with Gasteiger partial charge in [-0.1, -0.05) is 18.2 Å². The van der Waals surface area contributed by atoms with Crippen LogP contribution in [0.15, 0.2) is 54.9 Å². The van der Waals surface area contributed by atoms with Gasteiger partial charge in [-0.15, -0.1) is 0 Å². The van der Waals surface area contributed by atoms with E-state index in [0.29, 0.717) is 11.3 Å². The molecule has 0 aliphatic carbocycles. The lowest BCUT2D eigenvalue weighted by Gasteiger charge is -2.10. The zero-order chi connectivity index (χ0) is 16.2. The molecular formula is C17H15N3O3. The van der Waals surface area contributed by atoms with E-state index in [0.717, 1.165) is 10.8 Å². The number of hydrogen-bond donors (Lipinski definition) is 4. The number of benzene rings is 2. The zero-order valence-corrected chi connectivity index (χ0v) is 12.2. The molecule has 0 aliphatic heterocycles. The maximum absolute atomic E-state index is 12.0. The highest BCUT2D eigenvalue weighted by molar-refractivity contribution is 6.01. The van der Waals surface area contributed by atoms with Gasteiger partial charge < -0.3 is 20.8 Å². The molecule has 0 atom stereocenters. The van der Waals surface area contributed by atoms with E-state index in [2.05, 4.69) is 15.6 Å². The first-order valence-corrected chi connectivity index (χ1v) is 7.02. The van der Waals surface area contributed by atoms with Crippen molar-refractivity contribution in [3.63, 3.8) is 0 Å². The molecule has 0 bridgehead atoms. The Morgan fingerprint density at radius 2 is 1.96 bits per heavy atom. The van der Waals surface area contributed by atoms with Crippen molar-refractivity contribution in [1.29, 1.82) is 0 Å². The molecule has 0 saturated carbocycles. The Labute approximate surface area is 132 Å². The summed E-state index contributed by atoms with van der Waals surface area (Å²) >= 11 is 0. The molecule has 4 N–H and O–H groups in total. The molecule has 2 amide bonds. The fourth-order valence-corrected chi connectivity index (χ4v) is 2.26. The average molecular weight is 309 g/mol. The normalized spacial score (nSPS) is 10.4. The molecule has 2 aromatic carbocycles. The summed E-state index contributed by atoms with van der Waals surface area (Å²) in [6, 6.07) is 11.5. The van der Waals surface area contributed by atoms with Crippen LogP contribution < -0.4 is 10.6 Å². The summed E-state index contributed by atoms with van der Waals surface area (Å²) in [5.41, 5.74) is 1.37. The molecule has 0 spiro atoms. The van der Waals surface area contributed by atoms with Crippen LogP contribution in [0.5, 0.6) is 11.5 Å². The fourth-order valence-electron chi connectivity index (χ4n) is 2.26. The molecule has 0 unspecified atom stereocenters. The number of fused-ring (bicyclic) bond motifs is 1. The van der Waals surface area contributed by atoms with E-state index in [4.69, 9.17) is 0 Å². The summed E-state index contributed by atoms with van der Waals surface area (Å²) in [6.45, 7) is 0.228. The first kappa shape index (κ1) is 14.6. The van der Waals surface area contributed by atoms with Crippen LogP contribution in [0.4, 0.5) is 10.5 Å². The third-order valence-corrected chi connectivity index (χ3v) is 3.42. The molecule has 6 nitrogen and oxygen atoms in total. The summed E-state index contributed by atoms with van der Waals surface area (Å²) in [4.78, 5) is 16.1. The highest BCUT2D eigenvalue weighted by Crippen LogP contribution is 2.25. The van der Waals surface area contributed by atoms with Crippen molar-refractivity contribution in [2.75, 3.05) is 5.32 Å². The molecule has 0 fully saturated rings. The van der Waals surface area contributed by atoms with Crippen molar-refractivity contribution in [2.24, 2.45) is 0 Å². The molecule has 0 saturated heterocycles. The van der Waals surface area contributed by atoms with Gasteiger partial charge in [0.15, 0.2) is 11.5 Å². The van der Waals surface area contributed by atoms with Crippen molar-refractivity contribution < 1.29 is 15.0 Å². The van der Waals surface area contributed by atoms with Gasteiger partial charge in [0.2, 0.25) is 0 Å². The molecule has 1 aromatic heterocycles. The van der Waals surface area contributed by atoms with Crippen molar-refractivity contribution in [1.82, 2.24) is 10.3 Å². The second-order valence-corrected chi connectivity index (χ2v) is 5.03. The van der Waals surface area contributed by atoms with Gasteiger partial charge in [0.1, 0.15) is 0 Å². The predicted molar refractivity (Wildman–Crippen MR) is 87.4 cm³/mol. The molecule has 23 heavy (non-hydrogen) atoms. The molecule has 116 valence electrons. The molecule has 6 heteroatoms. The number of phenolic OH excluding ortho intramolecular Hbond substituents is 2. The van der Waals surface area contributed by atoms with Gasteiger partial charge in [0.05, 0.1) is 5.69 Å². The number of anilines is 1. The number of nitrogens with one attached hydrogen (secondary N) is 2. The van der Waals surface area contributed by atoms with E-state index in [1.165, 1.54) is 12.1 Å². The number of aromatic nitrogens is 1. The minimum absolute atomic E-state index is 0.192. The van der Waals surface area contributed by atoms with E-state index in [1.54, 1.807) is 18.5 Å². The molecule has 0 radical (unpaired) electrons. The third kappa shape index (κ3) is 3.32. The first-order chi connectivity index (χ1) is 11.1. The summed E-state index contributed by atoms with van der Waals surface area (Å²) < 4.78 is 0. The van der Waals surface area contributed by atoms with Gasteiger partial charge in [-0.2, -0.15) is 0 Å². The lowest BCUT2D eigenvalue weighted by Crippen LogP contribution is -2.28. The van der Waals surface area contributed by atoms with E-state index < -0.39 is 0 Å². The Kier molecular flexibility index (Phi) is 3.97. The van der Waals surface area contributed by atoms with Gasteiger partial charge >= 0.3 is 6.03 Å². The highest BCUT2D eigenvalue weighted by atomic mass is 16.3. The second-order valence-electron chi connectivity index (χ2n) is 5.03. The molecule has 3 aromatic rings. The molecule has 3 rings (SSSR count). The monoisotopic (exact) mass is 309 g/mol. The second kappa shape index (κ2) is 6.23. The van der Waals surface area contributed by atoms with Crippen LogP contribution in [-0.4, -0.2) is 21.2 Å². The smallest absolute Gasteiger partial charge is 0.319 e. The topological polar surface area (TPSA) is 94.5 Å². The number of pyridine rings is 1. The van der Waals surface area contributed by atoms with E-state index in [1.807, 2.05) is 24.3 Å². The van der Waals surface area contributed by atoms with Crippen molar-refractivity contribution in [3.05, 3.63) is 60.4 Å². The maximum atomic E-state index is 12.0. The number of phenols is 2. The summed E-state index contributed by atoms with van der Waals surface area (Å²) in [6.07, 6.45) is 3.41. The predicted octanol–water partition coefficient (Wildman–Crippen LogP) is 2.97. The number of aromatic hydroxyl groups is 2. The van der Waals surface area contributed by atoms with Crippen LogP contribution >= 0.6 is 0 Å². The van der Waals surface area contributed by atoms with Crippen molar-refractivity contribution >= 4 is 22.5 Å². The average Bonchev–Trinajstić information content (AvgIpc) is 2.56. The lowest BCUT2D eigenvalue weighted by molar-refractivity contribution is 0.251. The van der Waals surface area contributed by atoms with Gasteiger partial charge in [-0.3, -0.25) is 4.98 Å². The Bertz CT molecular complexity index is 859. The largest absolute Gasteiger partial charge is 0.504 e. The molecule has 0 aliphatic rings. The van der Waals surface area contributed by atoms with Crippen LogP contribution in [-0.2, 0) is 6.54 Å². The Balaban J connectivity index is 1.68. The van der Waals surface area contributed by atoms with Gasteiger partial charge in [-0.25, -0.2) is 4.79 Å². The Hall–Kier alpha value is -3.28. The summed E-state index contributed by atoms with van der Waals surface area (Å²) in [7, 11) is 0. The lowest BCUT2D eigenvalue weighted by atomic mass is 10.1. The van der Waals surface area contributed by atoms with Crippen LogP contribution in [0.1, 0.15) is 5.56 Å². The number of hydrogen-bond acceptors (Lipinski definition) is 4. The number of urea groups is 1. The van der Waals surface area contributed by atoms with Crippen molar-refractivity contribution in [2.45, 2.75) is 6.54 Å². The summed E-state index contributed by atoms with van der Waals surface area (Å²) in [5, 5.41) is 26.0. The minimum atomic E-state index is -0.359. The number of nitrogens with zero attached hydrogens (tertiary/aromatic N) is 1. The Morgan fingerprint density at radius 1 is 1.09 bits per heavy atom. The SMILES string of the molecule is O=C(NCc1ccc(O)c(O)c1)Nc1cccc2cnccc12. The maximum Gasteiger partial charge on any atom is 0.319 e. The van der Waals surface area contributed by atoms with Crippen LogP contribution in [0.2, 0.25) is 0 Å².